The topological polar surface area (TPSA) is 351 Å². The number of carbonyl (C=O) groups is 2. The van der Waals surface area contributed by atoms with E-state index in [0.29, 0.717) is 0 Å². The summed E-state index contributed by atoms with van der Waals surface area (Å²) in [6.45, 7) is 0. The van der Waals surface area contributed by atoms with Crippen LogP contribution in [0.1, 0.15) is 55.2 Å². The first kappa shape index (κ1) is 40.9. The molecule has 0 aliphatic carbocycles. The molecular weight excluding hydrogens is 836 g/mol. The highest BCUT2D eigenvalue weighted by Crippen LogP contribution is 2.50. The fourth-order valence-electron chi connectivity index (χ4n) is 7.54. The van der Waals surface area contributed by atoms with Crippen LogP contribution in [0, 0.1) is 0 Å². The van der Waals surface area contributed by atoms with Gasteiger partial charge in [0.15, 0.2) is 64.0 Å². The summed E-state index contributed by atoms with van der Waals surface area (Å²) >= 11 is 0. The van der Waals surface area contributed by atoms with Crippen molar-refractivity contribution in [1.29, 1.82) is 0 Å². The summed E-state index contributed by atoms with van der Waals surface area (Å²) in [7, 11) is 0. The maximum atomic E-state index is 13.8. The summed E-state index contributed by atoms with van der Waals surface area (Å²) in [4.78, 5) is 40.9. The fraction of sp³-hybridized carbons (Fsp3) is 0.140. The first-order valence-corrected chi connectivity index (χ1v) is 18.4. The zero-order valence-electron chi connectivity index (χ0n) is 31.7. The van der Waals surface area contributed by atoms with Crippen molar-refractivity contribution in [1.82, 2.24) is 0 Å². The molecule has 20 heteroatoms. The molecule has 2 aliphatic rings. The lowest BCUT2D eigenvalue weighted by atomic mass is 9.89. The lowest BCUT2D eigenvalue weighted by molar-refractivity contribution is -0.0193. The number of rotatable bonds is 6. The predicted molar refractivity (Wildman–Crippen MR) is 210 cm³/mol. The summed E-state index contributed by atoms with van der Waals surface area (Å²) in [6.07, 6.45) is -7.16. The van der Waals surface area contributed by atoms with Crippen molar-refractivity contribution in [3.63, 3.8) is 0 Å². The zero-order valence-corrected chi connectivity index (χ0v) is 31.7. The first-order valence-electron chi connectivity index (χ1n) is 18.4. The summed E-state index contributed by atoms with van der Waals surface area (Å²) in [5.74, 6) is -13.3. The molecule has 63 heavy (non-hydrogen) atoms. The molecule has 8 rings (SSSR count). The molecule has 20 nitrogen and oxygen atoms in total. The number of hydrogen-bond acceptors (Lipinski definition) is 20. The van der Waals surface area contributed by atoms with Crippen molar-refractivity contribution in [3.05, 3.63) is 110 Å². The van der Waals surface area contributed by atoms with E-state index in [2.05, 4.69) is 0 Å². The van der Waals surface area contributed by atoms with Crippen LogP contribution in [0.5, 0.6) is 86.2 Å². The second-order valence-corrected chi connectivity index (χ2v) is 14.6. The van der Waals surface area contributed by atoms with Gasteiger partial charge < -0.3 is 85.3 Å². The highest BCUT2D eigenvalue weighted by molar-refractivity contribution is 5.98. The van der Waals surface area contributed by atoms with Gasteiger partial charge in [0.25, 0.3) is 0 Å². The second-order valence-electron chi connectivity index (χ2n) is 14.6. The van der Waals surface area contributed by atoms with Crippen molar-refractivity contribution in [2.45, 2.75) is 37.3 Å². The molecule has 0 bridgehead atoms. The Kier molecular flexibility index (Phi) is 9.77. The smallest absolute Gasteiger partial charge is 0.338 e. The van der Waals surface area contributed by atoms with E-state index in [1.54, 1.807) is 0 Å². The van der Waals surface area contributed by atoms with Gasteiger partial charge in [-0.15, -0.1) is 0 Å². The first-order chi connectivity index (χ1) is 29.8. The number of fused-ring (bicyclic) bond motifs is 3. The molecule has 0 saturated carbocycles. The van der Waals surface area contributed by atoms with Crippen molar-refractivity contribution in [2.75, 3.05) is 0 Å². The molecule has 0 fully saturated rings. The monoisotopic (exact) mass is 868 g/mol. The SMILES string of the molecule is O=C(O[C@@H]1Cc2c(O)cc(O)cc2O[C@H]1c1cc(=O)c(O)c2c(O)c(O)cc([C@@H]3Oc4cc(O)cc(O)c4C[C@H]3OC(=O)c3cc(O)c(O)c(O)c3)c2c1)c1cc(O)c(O)c(O)c1. The van der Waals surface area contributed by atoms with Gasteiger partial charge in [0.05, 0.1) is 16.5 Å². The number of benzene rings is 5. The zero-order chi connectivity index (χ0) is 45.3. The lowest BCUT2D eigenvalue weighted by Gasteiger charge is -2.35. The lowest BCUT2D eigenvalue weighted by Crippen LogP contribution is -2.35. The van der Waals surface area contributed by atoms with Crippen LogP contribution < -0.4 is 14.9 Å². The summed E-state index contributed by atoms with van der Waals surface area (Å²) in [5.41, 5.74) is -2.63. The Hall–Kier alpha value is -8.81. The third kappa shape index (κ3) is 7.19. The molecule has 2 heterocycles. The van der Waals surface area contributed by atoms with E-state index in [1.807, 2.05) is 0 Å². The van der Waals surface area contributed by atoms with Gasteiger partial charge in [-0.3, -0.25) is 4.79 Å². The molecule has 0 aromatic heterocycles. The standard InChI is InChI=1S/C43H32O20/c44-17-7-23(46)21-12-33(62-42(58)15-3-25(48)36(54)26(49)4-15)40(60-31(21)9-17)14-1-19-20(11-30(53)39(57)35(19)38(56)29(52)2-14)41-34(13-22-24(47)8-18(45)10-32(22)61-41)63-43(59)16-5-27(50)37(55)28(51)6-16/h1-11,33-34,40-41,44-51,53-55,57H,12-13H2,(H,52,56)/t33-,34-,40+,41+/m1/s1. The van der Waals surface area contributed by atoms with E-state index in [4.69, 9.17) is 18.9 Å². The fourth-order valence-corrected chi connectivity index (χ4v) is 7.54. The molecule has 0 unspecified atom stereocenters. The number of ether oxygens (including phenoxy) is 4. The van der Waals surface area contributed by atoms with E-state index < -0.39 is 139 Å². The minimum atomic E-state index is -1.65. The van der Waals surface area contributed by atoms with Crippen molar-refractivity contribution < 1.29 is 94.9 Å². The minimum absolute atomic E-state index is 0.00203. The van der Waals surface area contributed by atoms with Gasteiger partial charge in [-0.25, -0.2) is 9.59 Å². The quantitative estimate of drug-likeness (QED) is 0.0824. The number of carbonyl (C=O) groups excluding carboxylic acids is 2. The van der Waals surface area contributed by atoms with E-state index in [1.165, 1.54) is 0 Å². The maximum Gasteiger partial charge on any atom is 0.338 e. The highest BCUT2D eigenvalue weighted by atomic mass is 16.6. The Morgan fingerprint density at radius 2 is 0.905 bits per heavy atom. The Bertz CT molecular complexity index is 2950. The van der Waals surface area contributed by atoms with Crippen LogP contribution in [0.4, 0.5) is 0 Å². The van der Waals surface area contributed by atoms with Gasteiger partial charge in [-0.2, -0.15) is 0 Å². The molecule has 0 amide bonds. The molecular formula is C43H32O20. The van der Waals surface area contributed by atoms with Crippen LogP contribution in [0.3, 0.4) is 0 Å². The van der Waals surface area contributed by atoms with Crippen LogP contribution in [-0.2, 0) is 22.3 Å². The number of phenolic OH excluding ortho intramolecular Hbond substituents is 12. The highest BCUT2D eigenvalue weighted by Gasteiger charge is 2.41. The average Bonchev–Trinajstić information content (AvgIpc) is 3.35. The molecule has 2 aliphatic heterocycles. The van der Waals surface area contributed by atoms with E-state index in [0.717, 1.165) is 66.7 Å². The van der Waals surface area contributed by atoms with Crippen LogP contribution >= 0.6 is 0 Å². The average molecular weight is 869 g/mol. The minimum Gasteiger partial charge on any atom is -0.508 e. The van der Waals surface area contributed by atoms with E-state index in [9.17, 15) is 80.8 Å². The maximum absolute atomic E-state index is 13.8. The van der Waals surface area contributed by atoms with Crippen LogP contribution in [0.2, 0.25) is 0 Å². The van der Waals surface area contributed by atoms with Gasteiger partial charge in [-0.1, -0.05) is 0 Å². The molecule has 324 valence electrons. The van der Waals surface area contributed by atoms with Crippen LogP contribution in [0.15, 0.2) is 71.5 Å². The largest absolute Gasteiger partial charge is 0.508 e. The summed E-state index contributed by atoms with van der Waals surface area (Å²) < 4.78 is 23.9. The number of aromatic hydroxyl groups is 13. The number of hydrogen-bond donors (Lipinski definition) is 13. The predicted octanol–water partition coefficient (Wildman–Crippen LogP) is 4.18. The number of phenols is 12. The van der Waals surface area contributed by atoms with Crippen molar-refractivity contribution in [2.24, 2.45) is 0 Å². The normalized spacial score (nSPS) is 17.7. The molecule has 6 aromatic rings. The molecule has 6 aromatic carbocycles. The van der Waals surface area contributed by atoms with E-state index >= 15 is 0 Å². The van der Waals surface area contributed by atoms with Gasteiger partial charge in [0.1, 0.15) is 46.7 Å². The summed E-state index contributed by atoms with van der Waals surface area (Å²) in [5, 5.41) is 135. The van der Waals surface area contributed by atoms with Gasteiger partial charge in [0, 0.05) is 59.4 Å². The second kappa shape index (κ2) is 15.0. The van der Waals surface area contributed by atoms with Gasteiger partial charge in [-0.05, 0) is 47.9 Å². The molecule has 0 spiro atoms. The van der Waals surface area contributed by atoms with Gasteiger partial charge >= 0.3 is 11.9 Å². The molecule has 4 atom stereocenters. The Morgan fingerprint density at radius 1 is 0.476 bits per heavy atom. The van der Waals surface area contributed by atoms with Crippen molar-refractivity contribution >= 4 is 22.7 Å². The van der Waals surface area contributed by atoms with Crippen molar-refractivity contribution in [3.8, 4) is 86.2 Å². The van der Waals surface area contributed by atoms with Crippen LogP contribution in [0.25, 0.3) is 10.8 Å². The van der Waals surface area contributed by atoms with Gasteiger partial charge in [0.2, 0.25) is 5.43 Å². The Morgan fingerprint density at radius 3 is 1.38 bits per heavy atom. The third-order valence-corrected chi connectivity index (χ3v) is 10.5. The van der Waals surface area contributed by atoms with E-state index in [-0.39, 0.29) is 45.6 Å². The Balaban J connectivity index is 1.31. The summed E-state index contributed by atoms with van der Waals surface area (Å²) in [6, 6.07) is 10.2. The Labute approximate surface area is 351 Å². The molecule has 13 N–H and O–H groups in total. The molecule has 0 radical (unpaired) electrons. The third-order valence-electron chi connectivity index (χ3n) is 10.5. The molecule has 0 saturated heterocycles. The van der Waals surface area contributed by atoms with Crippen LogP contribution in [-0.4, -0.2) is 90.5 Å². The number of esters is 2.